The predicted molar refractivity (Wildman–Crippen MR) is 114 cm³/mol. The molecule has 0 saturated carbocycles. The smallest absolute Gasteiger partial charge is 0.257 e. The number of nitrogens with zero attached hydrogens (tertiary/aromatic N) is 2. The summed E-state index contributed by atoms with van der Waals surface area (Å²) in [7, 11) is 0. The third kappa shape index (κ3) is 6.23. The highest BCUT2D eigenvalue weighted by Crippen LogP contribution is 2.17. The lowest BCUT2D eigenvalue weighted by Gasteiger charge is -2.33. The molecule has 1 N–H and O–H groups in total. The Labute approximate surface area is 178 Å². The molecule has 1 fully saturated rings. The summed E-state index contributed by atoms with van der Waals surface area (Å²) < 4.78 is 10.7. The Bertz CT molecular complexity index is 799. The van der Waals surface area contributed by atoms with Crippen LogP contribution in [0.2, 0.25) is 0 Å². The largest absolute Gasteiger partial charge is 0.469 e. The van der Waals surface area contributed by atoms with Crippen LogP contribution in [0.1, 0.15) is 60.9 Å². The number of carbonyl (C=O) groups excluding carboxylic acids is 2. The lowest BCUT2D eigenvalue weighted by Crippen LogP contribution is -2.39. The lowest BCUT2D eigenvalue weighted by atomic mass is 10.0. The second-order valence-electron chi connectivity index (χ2n) is 8.03. The van der Waals surface area contributed by atoms with Gasteiger partial charge in [-0.2, -0.15) is 0 Å². The van der Waals surface area contributed by atoms with E-state index < -0.39 is 0 Å². The number of nitrogens with one attached hydrogen (secondary N) is 1. The number of furan rings is 2. The molecule has 0 spiro atoms. The molecule has 2 aromatic rings. The van der Waals surface area contributed by atoms with Gasteiger partial charge in [-0.3, -0.25) is 9.59 Å². The summed E-state index contributed by atoms with van der Waals surface area (Å²) in [6.45, 7) is 7.51. The van der Waals surface area contributed by atoms with Crippen molar-refractivity contribution in [3.63, 3.8) is 0 Å². The first-order chi connectivity index (χ1) is 14.5. The molecule has 2 aromatic heterocycles. The Hall–Kier alpha value is -2.54. The van der Waals surface area contributed by atoms with Crippen LogP contribution in [-0.4, -0.2) is 53.8 Å². The molecule has 0 unspecified atom stereocenters. The zero-order valence-corrected chi connectivity index (χ0v) is 18.1. The van der Waals surface area contributed by atoms with E-state index in [9.17, 15) is 9.59 Å². The van der Waals surface area contributed by atoms with Crippen molar-refractivity contribution in [2.75, 3.05) is 26.2 Å². The minimum Gasteiger partial charge on any atom is -0.469 e. The minimum absolute atomic E-state index is 0.0390. The van der Waals surface area contributed by atoms with Crippen LogP contribution in [0.4, 0.5) is 0 Å². The highest BCUT2D eigenvalue weighted by molar-refractivity contribution is 5.95. The number of likely N-dealkylation sites (tertiary alicyclic amines) is 1. The van der Waals surface area contributed by atoms with Crippen LogP contribution in [0.25, 0.3) is 0 Å². The molecule has 0 bridgehead atoms. The van der Waals surface area contributed by atoms with Crippen molar-refractivity contribution in [1.29, 1.82) is 0 Å². The Morgan fingerprint density at radius 2 is 2.10 bits per heavy atom. The van der Waals surface area contributed by atoms with E-state index in [4.69, 9.17) is 8.83 Å². The van der Waals surface area contributed by atoms with Gasteiger partial charge in [0.15, 0.2) is 0 Å². The van der Waals surface area contributed by atoms with Gasteiger partial charge >= 0.3 is 0 Å². The molecule has 1 saturated heterocycles. The quantitative estimate of drug-likeness (QED) is 0.600. The fraction of sp³-hybridized carbons (Fsp3) is 0.565. The summed E-state index contributed by atoms with van der Waals surface area (Å²) >= 11 is 0. The van der Waals surface area contributed by atoms with Crippen molar-refractivity contribution >= 4 is 11.8 Å². The topological polar surface area (TPSA) is 78.9 Å². The monoisotopic (exact) mass is 415 g/mol. The fourth-order valence-corrected chi connectivity index (χ4v) is 3.94. The number of hydrogen-bond acceptors (Lipinski definition) is 5. The van der Waals surface area contributed by atoms with Crippen molar-refractivity contribution in [3.8, 4) is 0 Å². The van der Waals surface area contributed by atoms with E-state index in [1.54, 1.807) is 30.2 Å². The molecule has 164 valence electrons. The average molecular weight is 416 g/mol. The van der Waals surface area contributed by atoms with Crippen LogP contribution < -0.4 is 5.32 Å². The summed E-state index contributed by atoms with van der Waals surface area (Å²) in [6.07, 6.45) is 8.14. The lowest BCUT2D eigenvalue weighted by molar-refractivity contribution is -0.121. The Morgan fingerprint density at radius 1 is 1.23 bits per heavy atom. The zero-order valence-electron chi connectivity index (χ0n) is 18.1. The van der Waals surface area contributed by atoms with Gasteiger partial charge < -0.3 is 24.0 Å². The van der Waals surface area contributed by atoms with Crippen LogP contribution in [0.5, 0.6) is 0 Å². The number of hydrogen-bond donors (Lipinski definition) is 1. The molecule has 3 rings (SSSR count). The minimum atomic E-state index is -0.162. The number of piperidine rings is 1. The molecule has 1 atom stereocenters. The van der Waals surface area contributed by atoms with Crippen LogP contribution >= 0.6 is 0 Å². The molecular weight excluding hydrogens is 382 g/mol. The molecule has 1 aliphatic rings. The summed E-state index contributed by atoms with van der Waals surface area (Å²) in [5, 5.41) is 2.99. The molecule has 30 heavy (non-hydrogen) atoms. The zero-order chi connectivity index (χ0) is 21.3. The van der Waals surface area contributed by atoms with Crippen LogP contribution in [0, 0.1) is 6.92 Å². The maximum atomic E-state index is 12.9. The third-order valence-corrected chi connectivity index (χ3v) is 5.80. The second-order valence-corrected chi connectivity index (χ2v) is 8.03. The molecule has 3 heterocycles. The van der Waals surface area contributed by atoms with Gasteiger partial charge in [0.25, 0.3) is 5.91 Å². The van der Waals surface area contributed by atoms with Gasteiger partial charge in [0.1, 0.15) is 11.5 Å². The summed E-state index contributed by atoms with van der Waals surface area (Å²) in [5.41, 5.74) is 0.512. The van der Waals surface area contributed by atoms with Crippen LogP contribution in [0.15, 0.2) is 39.6 Å². The van der Waals surface area contributed by atoms with Gasteiger partial charge in [-0.15, -0.1) is 0 Å². The first-order valence-corrected chi connectivity index (χ1v) is 10.9. The van der Waals surface area contributed by atoms with Gasteiger partial charge in [-0.05, 0) is 57.9 Å². The van der Waals surface area contributed by atoms with Crippen molar-refractivity contribution in [2.45, 2.75) is 58.5 Å². The van der Waals surface area contributed by atoms with E-state index in [2.05, 4.69) is 17.1 Å². The van der Waals surface area contributed by atoms with Crippen molar-refractivity contribution in [3.05, 3.63) is 47.8 Å². The predicted octanol–water partition coefficient (Wildman–Crippen LogP) is 3.59. The summed E-state index contributed by atoms with van der Waals surface area (Å²) in [4.78, 5) is 29.4. The molecule has 7 heteroatoms. The Balaban J connectivity index is 1.45. The molecule has 1 aliphatic heterocycles. The molecule has 2 amide bonds. The van der Waals surface area contributed by atoms with Crippen molar-refractivity contribution in [2.24, 2.45) is 0 Å². The van der Waals surface area contributed by atoms with E-state index in [0.717, 1.165) is 19.5 Å². The third-order valence-electron chi connectivity index (χ3n) is 5.80. The van der Waals surface area contributed by atoms with Crippen LogP contribution in [-0.2, 0) is 11.3 Å². The molecule has 0 radical (unpaired) electrons. The first kappa shape index (κ1) is 22.2. The van der Waals surface area contributed by atoms with E-state index in [1.807, 2.05) is 6.07 Å². The van der Waals surface area contributed by atoms with Gasteiger partial charge in [0.2, 0.25) is 5.91 Å². The number of aryl methyl sites for hydroxylation is 1. The van der Waals surface area contributed by atoms with Gasteiger partial charge in [-0.25, -0.2) is 0 Å². The Kier molecular flexibility index (Phi) is 8.13. The average Bonchev–Trinajstić information content (AvgIpc) is 3.40. The van der Waals surface area contributed by atoms with Gasteiger partial charge in [-0.1, -0.05) is 6.42 Å². The number of rotatable bonds is 10. The standard InChI is InChI=1S/C23H33N3O4/c1-18-7-3-4-12-25(18)13-6-11-24-22(27)9-14-26(17-20-8-5-15-30-20)23(28)21-10-16-29-19(21)2/h5,8,10,15-16,18H,3-4,6-7,9,11-14,17H2,1-2H3,(H,24,27)/t18-/m0/s1. The highest BCUT2D eigenvalue weighted by Gasteiger charge is 2.21. The van der Waals surface area contributed by atoms with E-state index in [0.29, 0.717) is 42.8 Å². The Morgan fingerprint density at radius 3 is 2.80 bits per heavy atom. The van der Waals surface area contributed by atoms with Crippen LogP contribution in [0.3, 0.4) is 0 Å². The second kappa shape index (κ2) is 11.0. The van der Waals surface area contributed by atoms with Crippen molar-refractivity contribution in [1.82, 2.24) is 15.1 Å². The summed E-state index contributed by atoms with van der Waals surface area (Å²) in [6, 6.07) is 5.91. The van der Waals surface area contributed by atoms with Gasteiger partial charge in [0.05, 0.1) is 24.6 Å². The molecule has 0 aromatic carbocycles. The number of amides is 2. The maximum Gasteiger partial charge on any atom is 0.257 e. The van der Waals surface area contributed by atoms with E-state index in [-0.39, 0.29) is 18.2 Å². The maximum absolute atomic E-state index is 12.9. The van der Waals surface area contributed by atoms with E-state index in [1.165, 1.54) is 25.5 Å². The highest BCUT2D eigenvalue weighted by atomic mass is 16.3. The fourth-order valence-electron chi connectivity index (χ4n) is 3.94. The SMILES string of the molecule is Cc1occc1C(=O)N(CCC(=O)NCCCN1CCCC[C@@H]1C)Cc1ccco1. The first-order valence-electron chi connectivity index (χ1n) is 10.9. The van der Waals surface area contributed by atoms with E-state index >= 15 is 0 Å². The molecular formula is C23H33N3O4. The normalized spacial score (nSPS) is 17.1. The molecule has 7 nitrogen and oxygen atoms in total. The number of carbonyl (C=O) groups is 2. The summed E-state index contributed by atoms with van der Waals surface area (Å²) in [5.74, 6) is 1.05. The van der Waals surface area contributed by atoms with Gasteiger partial charge in [0, 0.05) is 32.1 Å². The molecule has 0 aliphatic carbocycles. The van der Waals surface area contributed by atoms with Crippen molar-refractivity contribution < 1.29 is 18.4 Å².